The van der Waals surface area contributed by atoms with Crippen molar-refractivity contribution < 1.29 is 17.6 Å². The number of nitrogens with two attached hydrogens (primary N) is 1. The van der Waals surface area contributed by atoms with Crippen molar-refractivity contribution in [3.63, 3.8) is 0 Å². The van der Waals surface area contributed by atoms with E-state index in [1.807, 2.05) is 6.92 Å². The number of alkyl halides is 3. The van der Waals surface area contributed by atoms with Crippen molar-refractivity contribution in [3.05, 3.63) is 35.1 Å². The minimum atomic E-state index is -4.53. The molecule has 0 unspecified atom stereocenters. The monoisotopic (exact) mass is 301 g/mol. The lowest BCUT2D eigenvalue weighted by atomic mass is 10.0. The normalized spacial score (nSPS) is 11.9. The van der Waals surface area contributed by atoms with Gasteiger partial charge in [-0.25, -0.2) is 4.39 Å². The quantitative estimate of drug-likeness (QED) is 0.877. The van der Waals surface area contributed by atoms with Gasteiger partial charge in [-0.3, -0.25) is 4.68 Å². The molecule has 0 atom stereocenters. The smallest absolute Gasteiger partial charge is 0.384 e. The molecule has 0 aliphatic carbocycles. The molecule has 2 rings (SSSR count). The molecule has 1 heterocycles. The van der Waals surface area contributed by atoms with E-state index in [1.54, 1.807) is 7.05 Å². The molecular weight excluding hydrogens is 286 g/mol. The summed E-state index contributed by atoms with van der Waals surface area (Å²) < 4.78 is 53.6. The Balaban J connectivity index is 2.64. The molecule has 2 N–H and O–H groups in total. The highest BCUT2D eigenvalue weighted by molar-refractivity contribution is 5.69. The Bertz CT molecular complexity index is 659. The van der Waals surface area contributed by atoms with Crippen molar-refractivity contribution >= 4 is 5.82 Å². The summed E-state index contributed by atoms with van der Waals surface area (Å²) in [6, 6.07) is 2.29. The van der Waals surface area contributed by atoms with E-state index in [1.165, 1.54) is 4.68 Å². The van der Waals surface area contributed by atoms with Crippen molar-refractivity contribution in [2.75, 3.05) is 5.73 Å². The molecular formula is C14H15F4N3. The molecule has 2 aromatic rings. The molecule has 0 bridgehead atoms. The van der Waals surface area contributed by atoms with Crippen LogP contribution >= 0.6 is 0 Å². The molecule has 0 aliphatic heterocycles. The zero-order valence-electron chi connectivity index (χ0n) is 11.6. The third-order valence-electron chi connectivity index (χ3n) is 3.24. The molecule has 21 heavy (non-hydrogen) atoms. The first-order valence-corrected chi connectivity index (χ1v) is 6.44. The highest BCUT2D eigenvalue weighted by atomic mass is 19.4. The number of aromatic nitrogens is 2. The predicted octanol–water partition coefficient (Wildman–Crippen LogP) is 3.78. The number of benzene rings is 1. The number of nitrogens with zero attached hydrogens (tertiary/aromatic N) is 2. The SMILES string of the molecule is CCCc1c(-c2cc(C(F)(F)F)ccc2F)nn(C)c1N. The van der Waals surface area contributed by atoms with Crippen LogP contribution in [0.25, 0.3) is 11.3 Å². The first-order valence-electron chi connectivity index (χ1n) is 6.44. The van der Waals surface area contributed by atoms with Crippen molar-refractivity contribution in [2.45, 2.75) is 25.9 Å². The van der Waals surface area contributed by atoms with Gasteiger partial charge in [0.2, 0.25) is 0 Å². The number of halogens is 4. The second-order valence-electron chi connectivity index (χ2n) is 4.78. The lowest BCUT2D eigenvalue weighted by Crippen LogP contribution is -2.06. The van der Waals surface area contributed by atoms with Gasteiger partial charge in [-0.1, -0.05) is 13.3 Å². The van der Waals surface area contributed by atoms with Gasteiger partial charge in [0.05, 0.1) is 5.56 Å². The molecule has 3 nitrogen and oxygen atoms in total. The molecule has 0 fully saturated rings. The molecule has 0 radical (unpaired) electrons. The molecule has 0 saturated heterocycles. The fraction of sp³-hybridized carbons (Fsp3) is 0.357. The highest BCUT2D eigenvalue weighted by Gasteiger charge is 2.32. The maximum atomic E-state index is 13.9. The Hall–Kier alpha value is -2.05. The summed E-state index contributed by atoms with van der Waals surface area (Å²) in [4.78, 5) is 0. The lowest BCUT2D eigenvalue weighted by Gasteiger charge is -2.09. The molecule has 0 spiro atoms. The van der Waals surface area contributed by atoms with Crippen LogP contribution in [0.15, 0.2) is 18.2 Å². The van der Waals surface area contributed by atoms with Gasteiger partial charge in [-0.05, 0) is 24.6 Å². The zero-order chi connectivity index (χ0) is 15.8. The average molecular weight is 301 g/mol. The van der Waals surface area contributed by atoms with Crippen LogP contribution < -0.4 is 5.73 Å². The van der Waals surface area contributed by atoms with Gasteiger partial charge in [0.25, 0.3) is 0 Å². The fourth-order valence-corrected chi connectivity index (χ4v) is 2.18. The Morgan fingerprint density at radius 1 is 1.29 bits per heavy atom. The minimum Gasteiger partial charge on any atom is -0.384 e. The van der Waals surface area contributed by atoms with Crippen LogP contribution in [0.2, 0.25) is 0 Å². The molecule has 1 aromatic heterocycles. The molecule has 1 aromatic carbocycles. The van der Waals surface area contributed by atoms with Gasteiger partial charge >= 0.3 is 6.18 Å². The standard InChI is InChI=1S/C14H15F4N3/c1-3-4-9-12(20-21(2)13(9)19)10-7-8(14(16,17)18)5-6-11(10)15/h5-7H,3-4,19H2,1-2H3. The summed E-state index contributed by atoms with van der Waals surface area (Å²) in [5, 5.41) is 4.07. The van der Waals surface area contributed by atoms with Crippen LogP contribution in [-0.2, 0) is 19.6 Å². The van der Waals surface area contributed by atoms with Gasteiger partial charge in [-0.15, -0.1) is 0 Å². The number of rotatable bonds is 3. The van der Waals surface area contributed by atoms with E-state index in [2.05, 4.69) is 5.10 Å². The third kappa shape index (κ3) is 2.86. The number of aryl methyl sites for hydroxylation is 1. The van der Waals surface area contributed by atoms with Gasteiger partial charge in [0.15, 0.2) is 0 Å². The highest BCUT2D eigenvalue weighted by Crippen LogP contribution is 2.35. The van der Waals surface area contributed by atoms with Crippen LogP contribution in [0.3, 0.4) is 0 Å². The molecule has 114 valence electrons. The van der Waals surface area contributed by atoms with Gasteiger partial charge in [-0.2, -0.15) is 18.3 Å². The number of anilines is 1. The fourth-order valence-electron chi connectivity index (χ4n) is 2.18. The first-order chi connectivity index (χ1) is 9.75. The van der Waals surface area contributed by atoms with Crippen LogP contribution in [0.4, 0.5) is 23.4 Å². The van der Waals surface area contributed by atoms with E-state index in [4.69, 9.17) is 5.73 Å². The van der Waals surface area contributed by atoms with Gasteiger partial charge in [0.1, 0.15) is 17.3 Å². The molecule has 0 aliphatic rings. The topological polar surface area (TPSA) is 43.8 Å². The Kier molecular flexibility index (Phi) is 3.93. The lowest BCUT2D eigenvalue weighted by molar-refractivity contribution is -0.137. The van der Waals surface area contributed by atoms with Gasteiger partial charge < -0.3 is 5.73 Å². The van der Waals surface area contributed by atoms with Crippen LogP contribution in [-0.4, -0.2) is 9.78 Å². The van der Waals surface area contributed by atoms with E-state index in [0.29, 0.717) is 23.9 Å². The van der Waals surface area contributed by atoms with Crippen molar-refractivity contribution in [3.8, 4) is 11.3 Å². The molecule has 0 saturated carbocycles. The summed E-state index contributed by atoms with van der Waals surface area (Å²) in [6.07, 6.45) is -3.29. The third-order valence-corrected chi connectivity index (χ3v) is 3.24. The van der Waals surface area contributed by atoms with E-state index < -0.39 is 17.6 Å². The van der Waals surface area contributed by atoms with Crippen molar-refractivity contribution in [1.82, 2.24) is 9.78 Å². The zero-order valence-corrected chi connectivity index (χ0v) is 11.6. The molecule has 7 heteroatoms. The summed E-state index contributed by atoms with van der Waals surface area (Å²) in [6.45, 7) is 1.90. The van der Waals surface area contributed by atoms with Crippen LogP contribution in [0.5, 0.6) is 0 Å². The molecule has 0 amide bonds. The van der Waals surface area contributed by atoms with E-state index in [9.17, 15) is 17.6 Å². The predicted molar refractivity (Wildman–Crippen MR) is 72.0 cm³/mol. The van der Waals surface area contributed by atoms with Crippen molar-refractivity contribution in [1.29, 1.82) is 0 Å². The Labute approximate surface area is 119 Å². The summed E-state index contributed by atoms with van der Waals surface area (Å²) in [5.41, 5.74) is 5.50. The second kappa shape index (κ2) is 5.38. The van der Waals surface area contributed by atoms with E-state index in [-0.39, 0.29) is 11.3 Å². The van der Waals surface area contributed by atoms with E-state index in [0.717, 1.165) is 18.6 Å². The summed E-state index contributed by atoms with van der Waals surface area (Å²) >= 11 is 0. The number of hydrogen-bond donors (Lipinski definition) is 1. The number of hydrogen-bond acceptors (Lipinski definition) is 2. The number of nitrogen functional groups attached to an aromatic ring is 1. The maximum absolute atomic E-state index is 13.9. The summed E-state index contributed by atoms with van der Waals surface area (Å²) in [7, 11) is 1.57. The Morgan fingerprint density at radius 3 is 2.52 bits per heavy atom. The van der Waals surface area contributed by atoms with Crippen molar-refractivity contribution in [2.24, 2.45) is 7.05 Å². The van der Waals surface area contributed by atoms with Crippen LogP contribution in [0.1, 0.15) is 24.5 Å². The average Bonchev–Trinajstić information content (AvgIpc) is 2.66. The first kappa shape index (κ1) is 15.3. The van der Waals surface area contributed by atoms with E-state index >= 15 is 0 Å². The maximum Gasteiger partial charge on any atom is 0.416 e. The minimum absolute atomic E-state index is 0.167. The summed E-state index contributed by atoms with van der Waals surface area (Å²) in [5.74, 6) is -0.415. The second-order valence-corrected chi connectivity index (χ2v) is 4.78. The Morgan fingerprint density at radius 2 is 1.95 bits per heavy atom. The largest absolute Gasteiger partial charge is 0.416 e. The van der Waals surface area contributed by atoms with Crippen LogP contribution in [0, 0.1) is 5.82 Å². The van der Waals surface area contributed by atoms with Gasteiger partial charge in [0, 0.05) is 18.2 Å².